The Labute approximate surface area is 158 Å². The van der Waals surface area contributed by atoms with E-state index >= 15 is 0 Å². The van der Waals surface area contributed by atoms with Gasteiger partial charge in [-0.15, -0.1) is 0 Å². The smallest absolute Gasteiger partial charge is 0.256 e. The summed E-state index contributed by atoms with van der Waals surface area (Å²) in [7, 11) is 1.63. The van der Waals surface area contributed by atoms with Crippen molar-refractivity contribution in [1.29, 1.82) is 0 Å². The largest absolute Gasteiger partial charge is 0.452 e. The van der Waals surface area contributed by atoms with E-state index in [0.29, 0.717) is 40.5 Å². The summed E-state index contributed by atoms with van der Waals surface area (Å²) in [5.74, 6) is 0.558. The number of carbonyl (C=O) groups excluding carboxylic acids is 1. The molecule has 0 saturated carbocycles. The van der Waals surface area contributed by atoms with Crippen LogP contribution in [0.15, 0.2) is 39.8 Å². The number of rotatable bonds is 4. The van der Waals surface area contributed by atoms with E-state index in [1.807, 2.05) is 12.1 Å². The fourth-order valence-corrected chi connectivity index (χ4v) is 3.99. The Bertz CT molecular complexity index is 968. The van der Waals surface area contributed by atoms with Crippen molar-refractivity contribution in [2.45, 2.75) is 18.4 Å². The second-order valence-corrected chi connectivity index (χ2v) is 7.12. The van der Waals surface area contributed by atoms with Crippen molar-refractivity contribution in [1.82, 2.24) is 19.5 Å². The summed E-state index contributed by atoms with van der Waals surface area (Å²) < 4.78 is 13.4. The third kappa shape index (κ3) is 2.58. The number of aromatic nitrogens is 3. The molecule has 9 heteroatoms. The Morgan fingerprint density at radius 2 is 2.35 bits per heavy atom. The molecule has 1 unspecified atom stereocenters. The molecule has 0 radical (unpaired) electrons. The van der Waals surface area contributed by atoms with E-state index in [9.17, 15) is 4.79 Å². The Kier molecular flexibility index (Phi) is 4.20. The topological polar surface area (TPSA) is 98.9 Å². The minimum Gasteiger partial charge on any atom is -0.452 e. The Balaban J connectivity index is 1.77. The molecule has 3 aromatic heterocycles. The maximum atomic E-state index is 13.3. The van der Waals surface area contributed by atoms with Gasteiger partial charge in [0.25, 0.3) is 5.91 Å². The number of nitrogen functional groups attached to an aromatic ring is 1. The minimum absolute atomic E-state index is 0.142. The van der Waals surface area contributed by atoms with Gasteiger partial charge in [-0.05, 0) is 47.0 Å². The van der Waals surface area contributed by atoms with Crippen LogP contribution in [0.5, 0.6) is 0 Å². The van der Waals surface area contributed by atoms with E-state index in [-0.39, 0.29) is 5.91 Å². The van der Waals surface area contributed by atoms with Crippen molar-refractivity contribution in [3.8, 4) is 0 Å². The van der Waals surface area contributed by atoms with Gasteiger partial charge in [0.1, 0.15) is 17.6 Å². The standard InChI is InChI=1S/C17H18BrN5O3/c1-25-9-17(13-3-4-14(18)26-13)5-2-6-22(17)16(24)11-7-12(19)15-20-10-21-23(15)8-11/h3-4,7-8,10H,2,5-6,9,19H2,1H3. The fraction of sp³-hybridized carbons (Fsp3) is 0.353. The van der Waals surface area contributed by atoms with Crippen LogP contribution in [0.1, 0.15) is 29.0 Å². The van der Waals surface area contributed by atoms with Crippen LogP contribution in [-0.2, 0) is 10.3 Å². The maximum Gasteiger partial charge on any atom is 0.256 e. The number of pyridine rings is 1. The lowest BCUT2D eigenvalue weighted by molar-refractivity contribution is 0.0178. The lowest BCUT2D eigenvalue weighted by atomic mass is 9.93. The Hall–Kier alpha value is -2.39. The molecule has 1 saturated heterocycles. The zero-order valence-electron chi connectivity index (χ0n) is 14.2. The molecule has 1 aliphatic heterocycles. The highest BCUT2D eigenvalue weighted by Crippen LogP contribution is 2.41. The SMILES string of the molecule is COCC1(c2ccc(Br)o2)CCCN1C(=O)c1cc(N)c2ncnn2c1. The van der Waals surface area contributed by atoms with E-state index in [2.05, 4.69) is 26.0 Å². The quantitative estimate of drug-likeness (QED) is 0.696. The van der Waals surface area contributed by atoms with Crippen LogP contribution in [0.2, 0.25) is 0 Å². The number of methoxy groups -OCH3 is 1. The van der Waals surface area contributed by atoms with E-state index < -0.39 is 5.54 Å². The number of furan rings is 1. The lowest BCUT2D eigenvalue weighted by Crippen LogP contribution is -2.48. The van der Waals surface area contributed by atoms with E-state index in [1.165, 1.54) is 10.8 Å². The predicted molar refractivity (Wildman–Crippen MR) is 97.6 cm³/mol. The highest BCUT2D eigenvalue weighted by molar-refractivity contribution is 9.10. The first-order valence-corrected chi connectivity index (χ1v) is 9.00. The van der Waals surface area contributed by atoms with Crippen LogP contribution < -0.4 is 5.73 Å². The van der Waals surface area contributed by atoms with Gasteiger partial charge in [0, 0.05) is 19.9 Å². The van der Waals surface area contributed by atoms with Gasteiger partial charge < -0.3 is 19.8 Å². The number of halogens is 1. The summed E-state index contributed by atoms with van der Waals surface area (Å²) in [6, 6.07) is 5.34. The molecule has 1 fully saturated rings. The van der Waals surface area contributed by atoms with Crippen molar-refractivity contribution in [3.63, 3.8) is 0 Å². The molecule has 2 N–H and O–H groups in total. The first-order chi connectivity index (χ1) is 12.5. The van der Waals surface area contributed by atoms with E-state index in [1.54, 1.807) is 24.3 Å². The highest BCUT2D eigenvalue weighted by atomic mass is 79.9. The van der Waals surface area contributed by atoms with Gasteiger partial charge in [0.05, 0.1) is 17.9 Å². The summed E-state index contributed by atoms with van der Waals surface area (Å²) >= 11 is 3.34. The van der Waals surface area contributed by atoms with Crippen LogP contribution in [0, 0.1) is 0 Å². The number of nitrogens with two attached hydrogens (primary N) is 1. The first-order valence-electron chi connectivity index (χ1n) is 8.21. The molecule has 0 bridgehead atoms. The molecule has 0 spiro atoms. The number of amides is 1. The highest BCUT2D eigenvalue weighted by Gasteiger charge is 2.48. The number of hydrogen-bond acceptors (Lipinski definition) is 6. The molecular weight excluding hydrogens is 402 g/mol. The molecule has 1 amide bonds. The van der Waals surface area contributed by atoms with Crippen LogP contribution in [-0.4, -0.2) is 45.7 Å². The third-order valence-corrected chi connectivity index (χ3v) is 5.23. The summed E-state index contributed by atoms with van der Waals surface area (Å²) in [6.45, 7) is 0.954. The maximum absolute atomic E-state index is 13.3. The van der Waals surface area contributed by atoms with Gasteiger partial charge in [0.2, 0.25) is 0 Å². The van der Waals surface area contributed by atoms with Gasteiger partial charge in [-0.1, -0.05) is 0 Å². The summed E-state index contributed by atoms with van der Waals surface area (Å²) in [4.78, 5) is 19.2. The monoisotopic (exact) mass is 419 g/mol. The summed E-state index contributed by atoms with van der Waals surface area (Å²) in [6.07, 6.45) is 4.67. The molecule has 0 aromatic carbocycles. The fourth-order valence-electron chi connectivity index (χ4n) is 3.68. The number of ether oxygens (including phenoxy) is 1. The molecule has 26 heavy (non-hydrogen) atoms. The molecule has 0 aliphatic carbocycles. The van der Waals surface area contributed by atoms with Crippen molar-refractivity contribution in [2.75, 3.05) is 26.0 Å². The number of hydrogen-bond donors (Lipinski definition) is 1. The Morgan fingerprint density at radius 3 is 3.08 bits per heavy atom. The first kappa shape index (κ1) is 17.0. The number of anilines is 1. The molecule has 8 nitrogen and oxygen atoms in total. The molecule has 4 rings (SSSR count). The second-order valence-electron chi connectivity index (χ2n) is 6.34. The van der Waals surface area contributed by atoms with Crippen molar-refractivity contribution >= 4 is 33.2 Å². The molecule has 3 aromatic rings. The van der Waals surface area contributed by atoms with Crippen molar-refractivity contribution in [3.05, 3.63) is 46.7 Å². The second kappa shape index (κ2) is 6.40. The average Bonchev–Trinajstić information content (AvgIpc) is 3.34. The van der Waals surface area contributed by atoms with Gasteiger partial charge >= 0.3 is 0 Å². The summed E-state index contributed by atoms with van der Waals surface area (Å²) in [5, 5.41) is 4.09. The number of nitrogens with zero attached hydrogens (tertiary/aromatic N) is 4. The zero-order valence-corrected chi connectivity index (χ0v) is 15.8. The molecule has 4 heterocycles. The predicted octanol–water partition coefficient (Wildman–Crippen LogP) is 2.44. The third-order valence-electron chi connectivity index (χ3n) is 4.80. The number of likely N-dealkylation sites (tertiary alicyclic amines) is 1. The lowest BCUT2D eigenvalue weighted by Gasteiger charge is -2.36. The van der Waals surface area contributed by atoms with Gasteiger partial charge in [-0.3, -0.25) is 4.79 Å². The zero-order chi connectivity index (χ0) is 18.3. The van der Waals surface area contributed by atoms with Crippen molar-refractivity contribution in [2.24, 2.45) is 0 Å². The molecule has 1 atom stereocenters. The van der Waals surface area contributed by atoms with Gasteiger partial charge in [-0.25, -0.2) is 9.50 Å². The summed E-state index contributed by atoms with van der Waals surface area (Å²) in [5.41, 5.74) is 6.78. The van der Waals surface area contributed by atoms with Crippen LogP contribution in [0.4, 0.5) is 5.69 Å². The Morgan fingerprint density at radius 1 is 1.50 bits per heavy atom. The van der Waals surface area contributed by atoms with E-state index in [0.717, 1.165) is 12.8 Å². The molecular formula is C17H18BrN5O3. The van der Waals surface area contributed by atoms with Gasteiger partial charge in [-0.2, -0.15) is 5.10 Å². The van der Waals surface area contributed by atoms with Crippen LogP contribution in [0.25, 0.3) is 5.65 Å². The van der Waals surface area contributed by atoms with Crippen molar-refractivity contribution < 1.29 is 13.9 Å². The minimum atomic E-state index is -0.649. The average molecular weight is 420 g/mol. The number of fused-ring (bicyclic) bond motifs is 1. The van der Waals surface area contributed by atoms with E-state index in [4.69, 9.17) is 14.9 Å². The molecule has 136 valence electrons. The van der Waals surface area contributed by atoms with Crippen LogP contribution in [0.3, 0.4) is 0 Å². The van der Waals surface area contributed by atoms with Gasteiger partial charge in [0.15, 0.2) is 10.3 Å². The normalized spacial score (nSPS) is 20.2. The van der Waals surface area contributed by atoms with Crippen LogP contribution >= 0.6 is 15.9 Å². The molecule has 1 aliphatic rings. The number of carbonyl (C=O) groups is 1.